The van der Waals surface area contributed by atoms with Crippen molar-refractivity contribution in [2.45, 2.75) is 19.9 Å². The molecule has 0 amide bonds. The summed E-state index contributed by atoms with van der Waals surface area (Å²) in [6, 6.07) is 5.06. The van der Waals surface area contributed by atoms with Crippen LogP contribution in [0, 0.1) is 11.2 Å². The average Bonchev–Trinajstić information content (AvgIpc) is 2.59. The molecule has 5 heteroatoms. The maximum atomic E-state index is 13.3. The highest BCUT2D eigenvalue weighted by molar-refractivity contribution is 9.10. The second-order valence-electron chi connectivity index (χ2n) is 5.25. The van der Waals surface area contributed by atoms with E-state index >= 15 is 0 Å². The van der Waals surface area contributed by atoms with E-state index in [1.807, 2.05) is 6.07 Å². The van der Waals surface area contributed by atoms with Gasteiger partial charge in [0.1, 0.15) is 5.82 Å². The molecule has 1 aliphatic rings. The number of rotatable bonds is 3. The fourth-order valence-electron chi connectivity index (χ4n) is 2.39. The second kappa shape index (κ2) is 6.33. The van der Waals surface area contributed by atoms with Crippen LogP contribution in [-0.4, -0.2) is 24.5 Å². The van der Waals surface area contributed by atoms with Gasteiger partial charge in [-0.05, 0) is 48.7 Å². The highest BCUT2D eigenvalue weighted by Gasteiger charge is 2.32. The summed E-state index contributed by atoms with van der Waals surface area (Å²) in [5.74, 6) is -0.185. The van der Waals surface area contributed by atoms with Crippen LogP contribution in [0.3, 0.4) is 0 Å². The lowest BCUT2D eigenvalue weighted by atomic mass is 9.90. The summed E-state index contributed by atoms with van der Waals surface area (Å²) in [6.45, 7) is 5.77. The van der Waals surface area contributed by atoms with Crippen molar-refractivity contribution >= 4 is 28.3 Å². The van der Waals surface area contributed by atoms with Crippen molar-refractivity contribution in [3.63, 3.8) is 0 Å². The van der Waals surface area contributed by atoms with Crippen LogP contribution in [0.1, 0.15) is 18.9 Å². The lowest BCUT2D eigenvalue weighted by molar-refractivity contribution is 0.274. The fourth-order valence-corrected chi connectivity index (χ4v) is 2.90. The van der Waals surface area contributed by atoms with E-state index in [0.29, 0.717) is 0 Å². The fraction of sp³-hybridized carbons (Fsp3) is 0.538. The van der Waals surface area contributed by atoms with Gasteiger partial charge >= 0.3 is 0 Å². The van der Waals surface area contributed by atoms with Crippen LogP contribution in [0.15, 0.2) is 22.7 Å². The van der Waals surface area contributed by atoms with Crippen LogP contribution in [0.4, 0.5) is 4.39 Å². The van der Waals surface area contributed by atoms with Gasteiger partial charge in [-0.1, -0.05) is 22.9 Å². The second-order valence-corrected chi connectivity index (χ2v) is 6.17. The summed E-state index contributed by atoms with van der Waals surface area (Å²) in [4.78, 5) is 2.34. The van der Waals surface area contributed by atoms with Gasteiger partial charge in [0.15, 0.2) is 0 Å². The Labute approximate surface area is 122 Å². The largest absolute Gasteiger partial charge is 0.330 e. The third-order valence-corrected chi connectivity index (χ3v) is 3.92. The molecule has 2 rings (SSSR count). The number of likely N-dealkylation sites (tertiary alicyclic amines) is 1. The van der Waals surface area contributed by atoms with Gasteiger partial charge in [-0.15, -0.1) is 12.4 Å². The SMILES string of the molecule is CC1(CN)CCN(Cc2cc(F)cc(Br)c2)C1.Cl. The molecule has 1 unspecified atom stereocenters. The topological polar surface area (TPSA) is 29.3 Å². The number of nitrogens with zero attached hydrogens (tertiary/aromatic N) is 1. The number of halogens is 3. The molecule has 0 aromatic heterocycles. The summed E-state index contributed by atoms with van der Waals surface area (Å²) < 4.78 is 14.1. The smallest absolute Gasteiger partial charge is 0.124 e. The highest BCUT2D eigenvalue weighted by Crippen LogP contribution is 2.29. The number of benzene rings is 1. The monoisotopic (exact) mass is 336 g/mol. The third kappa shape index (κ3) is 3.92. The molecule has 0 spiro atoms. The predicted octanol–water partition coefficient (Wildman–Crippen LogP) is 3.18. The van der Waals surface area contributed by atoms with Crippen LogP contribution in [-0.2, 0) is 6.54 Å². The highest BCUT2D eigenvalue weighted by atomic mass is 79.9. The van der Waals surface area contributed by atoms with Gasteiger partial charge in [0.25, 0.3) is 0 Å². The molecule has 1 atom stereocenters. The van der Waals surface area contributed by atoms with Crippen molar-refractivity contribution in [3.8, 4) is 0 Å². The van der Waals surface area contributed by atoms with Gasteiger partial charge in [0.2, 0.25) is 0 Å². The Morgan fingerprint density at radius 1 is 1.44 bits per heavy atom. The van der Waals surface area contributed by atoms with E-state index in [9.17, 15) is 4.39 Å². The quantitative estimate of drug-likeness (QED) is 0.918. The van der Waals surface area contributed by atoms with Crippen molar-refractivity contribution in [1.82, 2.24) is 4.90 Å². The van der Waals surface area contributed by atoms with Crippen molar-refractivity contribution < 1.29 is 4.39 Å². The van der Waals surface area contributed by atoms with E-state index in [-0.39, 0.29) is 23.6 Å². The lowest BCUT2D eigenvalue weighted by Crippen LogP contribution is -2.31. The summed E-state index contributed by atoms with van der Waals surface area (Å²) in [6.07, 6.45) is 1.12. The maximum absolute atomic E-state index is 13.3. The Kier molecular flexibility index (Phi) is 5.59. The standard InChI is InChI=1S/C13H18BrFN2.ClH/c1-13(8-16)2-3-17(9-13)7-10-4-11(14)6-12(15)5-10;/h4-6H,2-3,7-9,16H2,1H3;1H. The first-order valence-corrected chi connectivity index (χ1v) is 6.67. The van der Waals surface area contributed by atoms with Gasteiger partial charge in [-0.3, -0.25) is 4.90 Å². The minimum atomic E-state index is -0.185. The lowest BCUT2D eigenvalue weighted by Gasteiger charge is -2.22. The molecule has 1 aliphatic heterocycles. The molecule has 1 fully saturated rings. The van der Waals surface area contributed by atoms with Gasteiger partial charge in [0.05, 0.1) is 0 Å². The predicted molar refractivity (Wildman–Crippen MR) is 78.4 cm³/mol. The molecular weight excluding hydrogens is 319 g/mol. The first-order chi connectivity index (χ1) is 8.00. The summed E-state index contributed by atoms with van der Waals surface area (Å²) >= 11 is 3.32. The minimum absolute atomic E-state index is 0. The summed E-state index contributed by atoms with van der Waals surface area (Å²) in [7, 11) is 0. The number of nitrogens with two attached hydrogens (primary N) is 1. The molecule has 18 heavy (non-hydrogen) atoms. The molecule has 1 saturated heterocycles. The summed E-state index contributed by atoms with van der Waals surface area (Å²) in [5, 5.41) is 0. The molecule has 2 N–H and O–H groups in total. The Hall–Kier alpha value is -0.160. The minimum Gasteiger partial charge on any atom is -0.330 e. The van der Waals surface area contributed by atoms with Gasteiger partial charge in [-0.25, -0.2) is 4.39 Å². The molecule has 1 aromatic rings. The molecule has 1 heterocycles. The first kappa shape index (κ1) is 15.9. The Bertz CT molecular complexity index is 396. The van der Waals surface area contributed by atoms with E-state index in [1.54, 1.807) is 6.07 Å². The zero-order valence-corrected chi connectivity index (χ0v) is 12.9. The normalized spacial score (nSPS) is 24.0. The molecule has 2 nitrogen and oxygen atoms in total. The third-order valence-electron chi connectivity index (χ3n) is 3.46. The van der Waals surface area contributed by atoms with E-state index in [4.69, 9.17) is 5.73 Å². The van der Waals surface area contributed by atoms with E-state index in [1.165, 1.54) is 6.07 Å². The molecule has 102 valence electrons. The zero-order chi connectivity index (χ0) is 12.5. The molecule has 0 saturated carbocycles. The number of hydrogen-bond donors (Lipinski definition) is 1. The van der Waals surface area contributed by atoms with Crippen LogP contribution in [0.2, 0.25) is 0 Å². The molecular formula is C13H19BrClFN2. The Balaban J connectivity index is 0.00000162. The van der Waals surface area contributed by atoms with Crippen molar-refractivity contribution in [1.29, 1.82) is 0 Å². The Morgan fingerprint density at radius 3 is 2.72 bits per heavy atom. The van der Waals surface area contributed by atoms with Crippen molar-refractivity contribution in [2.24, 2.45) is 11.1 Å². The van der Waals surface area contributed by atoms with Crippen LogP contribution >= 0.6 is 28.3 Å². The molecule has 0 bridgehead atoms. The van der Waals surface area contributed by atoms with E-state index in [0.717, 1.165) is 42.6 Å². The number of hydrogen-bond acceptors (Lipinski definition) is 2. The van der Waals surface area contributed by atoms with Gasteiger partial charge in [0, 0.05) is 17.6 Å². The van der Waals surface area contributed by atoms with Crippen LogP contribution in [0.5, 0.6) is 0 Å². The van der Waals surface area contributed by atoms with Crippen LogP contribution < -0.4 is 5.73 Å². The summed E-state index contributed by atoms with van der Waals surface area (Å²) in [5.41, 5.74) is 7.02. The zero-order valence-electron chi connectivity index (χ0n) is 10.5. The van der Waals surface area contributed by atoms with Crippen LogP contribution in [0.25, 0.3) is 0 Å². The first-order valence-electron chi connectivity index (χ1n) is 5.88. The van der Waals surface area contributed by atoms with E-state index < -0.39 is 0 Å². The molecule has 0 radical (unpaired) electrons. The molecule has 1 aromatic carbocycles. The maximum Gasteiger partial charge on any atom is 0.124 e. The van der Waals surface area contributed by atoms with Crippen molar-refractivity contribution in [2.75, 3.05) is 19.6 Å². The Morgan fingerprint density at radius 2 is 2.17 bits per heavy atom. The van der Waals surface area contributed by atoms with Crippen molar-refractivity contribution in [3.05, 3.63) is 34.1 Å². The average molecular weight is 338 g/mol. The van der Waals surface area contributed by atoms with Gasteiger partial charge in [-0.2, -0.15) is 0 Å². The van der Waals surface area contributed by atoms with E-state index in [2.05, 4.69) is 27.8 Å². The van der Waals surface area contributed by atoms with Gasteiger partial charge < -0.3 is 5.73 Å². The molecule has 0 aliphatic carbocycles.